The standard InChI is InChI=1S/C17H34BrN/c1-2-3-4-5-6-7-8-9-10-11-14-19-15-12-13-17(18)16-19/h17H,2-16H2,1H3. The summed E-state index contributed by atoms with van der Waals surface area (Å²) < 4.78 is 0. The van der Waals surface area contributed by atoms with Crippen molar-refractivity contribution in [2.24, 2.45) is 0 Å². The molecule has 0 aliphatic carbocycles. The Kier molecular flexibility index (Phi) is 11.2. The molecule has 1 rings (SSSR count). The third-order valence-electron chi connectivity index (χ3n) is 4.28. The second-order valence-corrected chi connectivity index (χ2v) is 7.52. The Labute approximate surface area is 129 Å². The van der Waals surface area contributed by atoms with Gasteiger partial charge >= 0.3 is 0 Å². The number of unbranched alkanes of at least 4 members (excludes halogenated alkanes) is 9. The molecule has 1 aliphatic rings. The number of hydrogen-bond donors (Lipinski definition) is 0. The maximum absolute atomic E-state index is 3.76. The minimum Gasteiger partial charge on any atom is -0.302 e. The lowest BCUT2D eigenvalue weighted by Crippen LogP contribution is -2.36. The summed E-state index contributed by atoms with van der Waals surface area (Å²) in [5, 5.41) is 0. The van der Waals surface area contributed by atoms with E-state index in [2.05, 4.69) is 27.8 Å². The highest BCUT2D eigenvalue weighted by Crippen LogP contribution is 2.17. The van der Waals surface area contributed by atoms with E-state index in [-0.39, 0.29) is 0 Å². The fourth-order valence-corrected chi connectivity index (χ4v) is 3.76. The van der Waals surface area contributed by atoms with E-state index in [0.717, 1.165) is 4.83 Å². The molecular formula is C17H34BrN. The van der Waals surface area contributed by atoms with Crippen molar-refractivity contribution >= 4 is 15.9 Å². The SMILES string of the molecule is CCCCCCCCCCCCN1CCCC(Br)C1. The average Bonchev–Trinajstić information content (AvgIpc) is 2.41. The zero-order valence-electron chi connectivity index (χ0n) is 13.0. The van der Waals surface area contributed by atoms with Crippen molar-refractivity contribution < 1.29 is 0 Å². The molecule has 0 bridgehead atoms. The van der Waals surface area contributed by atoms with E-state index < -0.39 is 0 Å². The second-order valence-electron chi connectivity index (χ2n) is 6.22. The zero-order valence-corrected chi connectivity index (χ0v) is 14.6. The molecule has 1 fully saturated rings. The molecule has 0 amide bonds. The monoisotopic (exact) mass is 331 g/mol. The van der Waals surface area contributed by atoms with Crippen LogP contribution in [-0.2, 0) is 0 Å². The van der Waals surface area contributed by atoms with Crippen molar-refractivity contribution in [3.63, 3.8) is 0 Å². The molecule has 2 heteroatoms. The summed E-state index contributed by atoms with van der Waals surface area (Å²) in [6.45, 7) is 6.23. The molecule has 19 heavy (non-hydrogen) atoms. The number of alkyl halides is 1. The highest BCUT2D eigenvalue weighted by molar-refractivity contribution is 9.09. The Morgan fingerprint density at radius 1 is 0.895 bits per heavy atom. The molecule has 1 unspecified atom stereocenters. The normalized spacial score (nSPS) is 20.8. The van der Waals surface area contributed by atoms with Gasteiger partial charge in [0.2, 0.25) is 0 Å². The topological polar surface area (TPSA) is 3.24 Å². The number of nitrogens with zero attached hydrogens (tertiary/aromatic N) is 1. The van der Waals surface area contributed by atoms with Crippen molar-refractivity contribution in [1.29, 1.82) is 0 Å². The van der Waals surface area contributed by atoms with Crippen LogP contribution in [0.5, 0.6) is 0 Å². The Bertz CT molecular complexity index is 196. The van der Waals surface area contributed by atoms with Gasteiger partial charge in [0.15, 0.2) is 0 Å². The lowest BCUT2D eigenvalue weighted by atomic mass is 10.1. The van der Waals surface area contributed by atoms with E-state index >= 15 is 0 Å². The van der Waals surface area contributed by atoms with Gasteiger partial charge in [0, 0.05) is 11.4 Å². The minimum atomic E-state index is 0.754. The van der Waals surface area contributed by atoms with Gasteiger partial charge < -0.3 is 4.90 Å². The molecule has 0 aromatic heterocycles. The van der Waals surface area contributed by atoms with Gasteiger partial charge in [-0.2, -0.15) is 0 Å². The first kappa shape index (κ1) is 17.5. The summed E-state index contributed by atoms with van der Waals surface area (Å²) in [4.78, 5) is 3.40. The smallest absolute Gasteiger partial charge is 0.0273 e. The first-order valence-corrected chi connectivity index (χ1v) is 9.61. The molecule has 0 N–H and O–H groups in total. The van der Waals surface area contributed by atoms with Gasteiger partial charge in [-0.3, -0.25) is 0 Å². The van der Waals surface area contributed by atoms with Crippen LogP contribution in [-0.4, -0.2) is 29.4 Å². The Morgan fingerprint density at radius 3 is 2.05 bits per heavy atom. The molecule has 1 nitrogen and oxygen atoms in total. The summed E-state index contributed by atoms with van der Waals surface area (Å²) in [7, 11) is 0. The van der Waals surface area contributed by atoms with Crippen LogP contribution < -0.4 is 0 Å². The predicted molar refractivity (Wildman–Crippen MR) is 90.2 cm³/mol. The Morgan fingerprint density at radius 2 is 1.47 bits per heavy atom. The first-order chi connectivity index (χ1) is 9.33. The molecule has 1 heterocycles. The molecule has 0 aromatic carbocycles. The second kappa shape index (κ2) is 12.2. The van der Waals surface area contributed by atoms with Crippen LogP contribution in [0.1, 0.15) is 84.0 Å². The van der Waals surface area contributed by atoms with Crippen LogP contribution in [0.15, 0.2) is 0 Å². The van der Waals surface area contributed by atoms with Crippen molar-refractivity contribution in [1.82, 2.24) is 4.90 Å². The number of piperidine rings is 1. The van der Waals surface area contributed by atoms with Crippen LogP contribution in [0.2, 0.25) is 0 Å². The van der Waals surface area contributed by atoms with Gasteiger partial charge in [-0.15, -0.1) is 0 Å². The Balaban J connectivity index is 1.78. The van der Waals surface area contributed by atoms with E-state index in [4.69, 9.17) is 0 Å². The molecule has 1 saturated heterocycles. The Hall–Kier alpha value is 0.440. The number of rotatable bonds is 11. The van der Waals surface area contributed by atoms with E-state index in [1.54, 1.807) is 0 Å². The third kappa shape index (κ3) is 9.90. The maximum atomic E-state index is 3.76. The van der Waals surface area contributed by atoms with Crippen molar-refractivity contribution in [3.05, 3.63) is 0 Å². The van der Waals surface area contributed by atoms with Crippen molar-refractivity contribution in [3.8, 4) is 0 Å². The van der Waals surface area contributed by atoms with Gasteiger partial charge in [-0.05, 0) is 32.4 Å². The predicted octanol–water partition coefficient (Wildman–Crippen LogP) is 5.77. The van der Waals surface area contributed by atoms with Gasteiger partial charge in [-0.1, -0.05) is 80.6 Å². The molecule has 0 aromatic rings. The summed E-state index contributed by atoms with van der Waals surface area (Å²) in [6, 6.07) is 0. The molecule has 0 radical (unpaired) electrons. The van der Waals surface area contributed by atoms with E-state index in [9.17, 15) is 0 Å². The molecule has 0 spiro atoms. The number of hydrogen-bond acceptors (Lipinski definition) is 1. The minimum absolute atomic E-state index is 0.754. The molecule has 0 saturated carbocycles. The van der Waals surface area contributed by atoms with E-state index in [0.29, 0.717) is 0 Å². The van der Waals surface area contributed by atoms with E-state index in [1.165, 1.54) is 96.7 Å². The highest BCUT2D eigenvalue weighted by atomic mass is 79.9. The van der Waals surface area contributed by atoms with Crippen LogP contribution in [0, 0.1) is 0 Å². The molecule has 114 valence electrons. The number of halogens is 1. The summed E-state index contributed by atoms with van der Waals surface area (Å²) >= 11 is 3.76. The van der Waals surface area contributed by atoms with Gasteiger partial charge in [0.25, 0.3) is 0 Å². The fourth-order valence-electron chi connectivity index (χ4n) is 3.03. The van der Waals surface area contributed by atoms with Gasteiger partial charge in [-0.25, -0.2) is 0 Å². The average molecular weight is 332 g/mol. The van der Waals surface area contributed by atoms with Crippen molar-refractivity contribution in [2.45, 2.75) is 88.8 Å². The quantitative estimate of drug-likeness (QED) is 0.343. The molecule has 1 atom stereocenters. The summed E-state index contributed by atoms with van der Waals surface area (Å²) in [6.07, 6.45) is 17.2. The zero-order chi connectivity index (χ0) is 13.8. The van der Waals surface area contributed by atoms with Crippen LogP contribution >= 0.6 is 15.9 Å². The third-order valence-corrected chi connectivity index (χ3v) is 5.02. The lowest BCUT2D eigenvalue weighted by Gasteiger charge is -2.29. The summed E-state index contributed by atoms with van der Waals surface area (Å²) in [5.74, 6) is 0. The first-order valence-electron chi connectivity index (χ1n) is 8.69. The lowest BCUT2D eigenvalue weighted by molar-refractivity contribution is 0.230. The maximum Gasteiger partial charge on any atom is 0.0273 e. The largest absolute Gasteiger partial charge is 0.302 e. The van der Waals surface area contributed by atoms with E-state index in [1.807, 2.05) is 0 Å². The van der Waals surface area contributed by atoms with Crippen molar-refractivity contribution in [2.75, 3.05) is 19.6 Å². The van der Waals surface area contributed by atoms with Crippen LogP contribution in [0.3, 0.4) is 0 Å². The van der Waals surface area contributed by atoms with Crippen LogP contribution in [0.25, 0.3) is 0 Å². The van der Waals surface area contributed by atoms with Gasteiger partial charge in [0.1, 0.15) is 0 Å². The number of likely N-dealkylation sites (tertiary alicyclic amines) is 1. The molecule has 1 aliphatic heterocycles. The van der Waals surface area contributed by atoms with Gasteiger partial charge in [0.05, 0.1) is 0 Å². The fraction of sp³-hybridized carbons (Fsp3) is 1.00. The highest BCUT2D eigenvalue weighted by Gasteiger charge is 2.16. The molecular weight excluding hydrogens is 298 g/mol. The van der Waals surface area contributed by atoms with Crippen LogP contribution in [0.4, 0.5) is 0 Å². The summed E-state index contributed by atoms with van der Waals surface area (Å²) in [5.41, 5.74) is 0.